The predicted molar refractivity (Wildman–Crippen MR) is 76.1 cm³/mol. The Morgan fingerprint density at radius 1 is 1.21 bits per heavy atom. The second-order valence-corrected chi connectivity index (χ2v) is 5.34. The summed E-state index contributed by atoms with van der Waals surface area (Å²) < 4.78 is 10.1. The number of carbonyl (C=O) groups excluding carboxylic acids is 1. The van der Waals surface area contributed by atoms with E-state index >= 15 is 0 Å². The van der Waals surface area contributed by atoms with Gasteiger partial charge >= 0.3 is 5.97 Å². The van der Waals surface area contributed by atoms with E-state index in [1.54, 1.807) is 13.4 Å². The number of hydrogen-bond donors (Lipinski definition) is 0. The Labute approximate surface area is 115 Å². The molecule has 1 rings (SSSR count). The summed E-state index contributed by atoms with van der Waals surface area (Å²) >= 11 is 0. The minimum absolute atomic E-state index is 0.279. The Bertz CT molecular complexity index is 424. The summed E-state index contributed by atoms with van der Waals surface area (Å²) in [6, 6.07) is 7.53. The van der Waals surface area contributed by atoms with Crippen LogP contribution in [0.3, 0.4) is 0 Å². The van der Waals surface area contributed by atoms with E-state index in [-0.39, 0.29) is 5.97 Å². The lowest BCUT2D eigenvalue weighted by Gasteiger charge is -2.19. The molecule has 1 aromatic rings. The summed E-state index contributed by atoms with van der Waals surface area (Å²) in [5.41, 5.74) is 1.32. The van der Waals surface area contributed by atoms with Gasteiger partial charge < -0.3 is 9.47 Å². The highest BCUT2D eigenvalue weighted by Gasteiger charge is 2.17. The first-order valence-electron chi connectivity index (χ1n) is 6.42. The van der Waals surface area contributed by atoms with Crippen LogP contribution in [-0.2, 0) is 15.9 Å². The molecule has 3 heteroatoms. The number of benzene rings is 1. The van der Waals surface area contributed by atoms with E-state index in [9.17, 15) is 4.79 Å². The average Bonchev–Trinajstić information content (AvgIpc) is 2.33. The van der Waals surface area contributed by atoms with E-state index in [2.05, 4.69) is 0 Å². The van der Waals surface area contributed by atoms with E-state index in [0.717, 1.165) is 12.8 Å². The average molecular weight is 262 g/mol. The standard InChI is InChI=1S/C16H22O3/c1-16(2,3)19-15(17)14-10-8-13(9-11-14)7-5-6-12-18-4/h6,8-12H,5,7H2,1-4H3. The Kier molecular flexibility index (Phi) is 5.61. The van der Waals surface area contributed by atoms with Crippen molar-refractivity contribution in [3.05, 3.63) is 47.7 Å². The molecule has 0 heterocycles. The van der Waals surface area contributed by atoms with Gasteiger partial charge in [-0.3, -0.25) is 0 Å². The number of hydrogen-bond acceptors (Lipinski definition) is 3. The normalized spacial score (nSPS) is 11.6. The monoisotopic (exact) mass is 262 g/mol. The molecule has 19 heavy (non-hydrogen) atoms. The zero-order valence-electron chi connectivity index (χ0n) is 12.1. The number of ether oxygens (including phenoxy) is 2. The minimum Gasteiger partial charge on any atom is -0.505 e. The topological polar surface area (TPSA) is 35.5 Å². The van der Waals surface area contributed by atoms with Crippen LogP contribution in [0.2, 0.25) is 0 Å². The van der Waals surface area contributed by atoms with Gasteiger partial charge in [0.1, 0.15) is 5.60 Å². The second kappa shape index (κ2) is 6.98. The van der Waals surface area contributed by atoms with Crippen LogP contribution in [0, 0.1) is 0 Å². The highest BCUT2D eigenvalue weighted by Crippen LogP contribution is 2.13. The highest BCUT2D eigenvalue weighted by atomic mass is 16.6. The van der Waals surface area contributed by atoms with Gasteiger partial charge in [0.05, 0.1) is 18.9 Å². The SMILES string of the molecule is COC=CCCc1ccc(C(=O)OC(C)(C)C)cc1. The maximum absolute atomic E-state index is 11.8. The summed E-state index contributed by atoms with van der Waals surface area (Å²) in [7, 11) is 1.63. The number of methoxy groups -OCH3 is 1. The molecule has 104 valence electrons. The molecule has 0 aromatic heterocycles. The van der Waals surface area contributed by atoms with E-state index in [1.807, 2.05) is 51.1 Å². The van der Waals surface area contributed by atoms with Crippen LogP contribution in [0.4, 0.5) is 0 Å². The van der Waals surface area contributed by atoms with Gasteiger partial charge in [-0.2, -0.15) is 0 Å². The third-order valence-electron chi connectivity index (χ3n) is 2.42. The smallest absolute Gasteiger partial charge is 0.338 e. The zero-order chi connectivity index (χ0) is 14.3. The van der Waals surface area contributed by atoms with Crippen LogP contribution in [0.15, 0.2) is 36.6 Å². The molecule has 0 spiro atoms. The van der Waals surface area contributed by atoms with Crippen LogP contribution in [0.1, 0.15) is 43.1 Å². The van der Waals surface area contributed by atoms with Gasteiger partial charge in [-0.1, -0.05) is 12.1 Å². The molecule has 3 nitrogen and oxygen atoms in total. The largest absolute Gasteiger partial charge is 0.505 e. The lowest BCUT2D eigenvalue weighted by atomic mass is 10.1. The van der Waals surface area contributed by atoms with Crippen molar-refractivity contribution in [2.45, 2.75) is 39.2 Å². The molecular formula is C16H22O3. The number of esters is 1. The molecule has 0 unspecified atom stereocenters. The molecule has 0 fully saturated rings. The van der Waals surface area contributed by atoms with Crippen LogP contribution in [0.5, 0.6) is 0 Å². The van der Waals surface area contributed by atoms with E-state index < -0.39 is 5.60 Å². The molecule has 0 saturated heterocycles. The Balaban J connectivity index is 2.56. The second-order valence-electron chi connectivity index (χ2n) is 5.34. The number of rotatable bonds is 5. The van der Waals surface area contributed by atoms with E-state index in [4.69, 9.17) is 9.47 Å². The zero-order valence-corrected chi connectivity index (χ0v) is 12.1. The number of carbonyl (C=O) groups is 1. The van der Waals surface area contributed by atoms with Crippen molar-refractivity contribution >= 4 is 5.97 Å². The molecular weight excluding hydrogens is 240 g/mol. The van der Waals surface area contributed by atoms with Crippen molar-refractivity contribution in [1.29, 1.82) is 0 Å². The van der Waals surface area contributed by atoms with Gasteiger partial charge in [0, 0.05) is 0 Å². The van der Waals surface area contributed by atoms with Crippen LogP contribution in [-0.4, -0.2) is 18.7 Å². The molecule has 0 aliphatic carbocycles. The molecule has 0 saturated carbocycles. The summed E-state index contributed by atoms with van der Waals surface area (Å²) in [5, 5.41) is 0. The fourth-order valence-corrected chi connectivity index (χ4v) is 1.56. The fourth-order valence-electron chi connectivity index (χ4n) is 1.56. The van der Waals surface area contributed by atoms with Crippen molar-refractivity contribution in [1.82, 2.24) is 0 Å². The first-order valence-corrected chi connectivity index (χ1v) is 6.42. The Morgan fingerprint density at radius 2 is 1.84 bits per heavy atom. The maximum atomic E-state index is 11.8. The lowest BCUT2D eigenvalue weighted by molar-refractivity contribution is 0.00695. The fraction of sp³-hybridized carbons (Fsp3) is 0.438. The molecule has 0 bridgehead atoms. The third kappa shape index (κ3) is 6.09. The van der Waals surface area contributed by atoms with E-state index in [0.29, 0.717) is 5.56 Å². The quantitative estimate of drug-likeness (QED) is 0.599. The molecule has 0 N–H and O–H groups in total. The van der Waals surface area contributed by atoms with Crippen molar-refractivity contribution in [3.63, 3.8) is 0 Å². The molecule has 0 radical (unpaired) electrons. The van der Waals surface area contributed by atoms with Gasteiger partial charge in [0.25, 0.3) is 0 Å². The minimum atomic E-state index is -0.458. The molecule has 1 aromatic carbocycles. The van der Waals surface area contributed by atoms with Crippen molar-refractivity contribution in [3.8, 4) is 0 Å². The number of aryl methyl sites for hydroxylation is 1. The molecule has 0 aliphatic heterocycles. The van der Waals surface area contributed by atoms with Gasteiger partial charge in [-0.25, -0.2) is 4.79 Å². The Morgan fingerprint density at radius 3 is 2.37 bits per heavy atom. The van der Waals surface area contributed by atoms with Crippen LogP contribution >= 0.6 is 0 Å². The van der Waals surface area contributed by atoms with E-state index in [1.165, 1.54) is 5.56 Å². The summed E-state index contributed by atoms with van der Waals surface area (Å²) in [6.45, 7) is 5.59. The first-order chi connectivity index (χ1) is 8.92. The van der Waals surface area contributed by atoms with Crippen LogP contribution in [0.25, 0.3) is 0 Å². The molecule has 0 atom stereocenters. The Hall–Kier alpha value is -1.77. The van der Waals surface area contributed by atoms with Gasteiger partial charge in [-0.15, -0.1) is 0 Å². The summed E-state index contributed by atoms with van der Waals surface area (Å²) in [6.07, 6.45) is 5.49. The van der Waals surface area contributed by atoms with Gasteiger partial charge in [-0.05, 0) is 57.4 Å². The predicted octanol–water partition coefficient (Wildman–Crippen LogP) is 3.73. The first kappa shape index (κ1) is 15.3. The maximum Gasteiger partial charge on any atom is 0.338 e. The van der Waals surface area contributed by atoms with Gasteiger partial charge in [0.15, 0.2) is 0 Å². The highest BCUT2D eigenvalue weighted by molar-refractivity contribution is 5.89. The van der Waals surface area contributed by atoms with Crippen molar-refractivity contribution in [2.24, 2.45) is 0 Å². The van der Waals surface area contributed by atoms with Crippen molar-refractivity contribution in [2.75, 3.05) is 7.11 Å². The molecule has 0 aliphatic rings. The third-order valence-corrected chi connectivity index (χ3v) is 2.42. The van der Waals surface area contributed by atoms with Gasteiger partial charge in [0.2, 0.25) is 0 Å². The molecule has 0 amide bonds. The summed E-state index contributed by atoms with van der Waals surface area (Å²) in [5.74, 6) is -0.279. The summed E-state index contributed by atoms with van der Waals surface area (Å²) in [4.78, 5) is 11.8. The lowest BCUT2D eigenvalue weighted by Crippen LogP contribution is -2.23. The van der Waals surface area contributed by atoms with Crippen LogP contribution < -0.4 is 0 Å². The number of allylic oxidation sites excluding steroid dienone is 1. The van der Waals surface area contributed by atoms with Crippen molar-refractivity contribution < 1.29 is 14.3 Å².